The number of hydroxylamine groups is 1. The number of hydrogen-bond donors (Lipinski definition) is 2. The predicted molar refractivity (Wildman–Crippen MR) is 148 cm³/mol. The maximum atomic E-state index is 12.9. The molecule has 3 aromatic rings. The van der Waals surface area contributed by atoms with E-state index in [2.05, 4.69) is 51.2 Å². The Morgan fingerprint density at radius 2 is 1.86 bits per heavy atom. The number of ether oxygens (including phenoxy) is 1. The fourth-order valence-corrected chi connectivity index (χ4v) is 5.66. The number of carbonyl (C=O) groups is 1. The second-order valence-electron chi connectivity index (χ2n) is 10.4. The first-order valence-electron chi connectivity index (χ1n) is 13.3. The van der Waals surface area contributed by atoms with Crippen LogP contribution in [0.15, 0.2) is 54.7 Å². The molecule has 0 unspecified atom stereocenters. The van der Waals surface area contributed by atoms with Gasteiger partial charge in [-0.3, -0.25) is 15.0 Å². The predicted octanol–water partition coefficient (Wildman–Crippen LogP) is 4.85. The third-order valence-corrected chi connectivity index (χ3v) is 7.91. The molecule has 2 heterocycles. The van der Waals surface area contributed by atoms with Gasteiger partial charge in [-0.05, 0) is 93.9 Å². The van der Waals surface area contributed by atoms with Crippen LogP contribution in [0.4, 0.5) is 5.69 Å². The molecule has 1 aromatic heterocycles. The minimum absolute atomic E-state index is 0.245. The number of piperidine rings is 1. The Balaban J connectivity index is 1.41. The smallest absolute Gasteiger partial charge is 0.249 e. The number of aryl methyl sites for hydroxylation is 2. The van der Waals surface area contributed by atoms with Crippen LogP contribution in [0.25, 0.3) is 10.9 Å². The lowest BCUT2D eigenvalue weighted by atomic mass is 9.73. The third kappa shape index (κ3) is 6.40. The molecule has 1 amide bonds. The molecule has 1 aliphatic heterocycles. The molecule has 0 spiro atoms. The summed E-state index contributed by atoms with van der Waals surface area (Å²) in [6.07, 6.45) is 8.02. The number of likely N-dealkylation sites (tertiary alicyclic amines) is 1. The standard InChI is InChI=1S/C30H40N4O3/c1-33(2)28-22-31-27-14-13-24(37-3)21-26(27)25(28)12-7-15-30(29(35)32-36)16-19-34(20-17-30)18-8-11-23-9-5-4-6-10-23/h4-6,9-10,13-14,21-22,36H,7-8,11-12,15-20H2,1-3H3,(H,32,35). The molecule has 1 aliphatic rings. The van der Waals surface area contributed by atoms with E-state index < -0.39 is 5.41 Å². The zero-order valence-electron chi connectivity index (χ0n) is 22.4. The normalized spacial score (nSPS) is 15.5. The number of hydrogen-bond acceptors (Lipinski definition) is 6. The molecule has 0 bridgehead atoms. The van der Waals surface area contributed by atoms with Gasteiger partial charge < -0.3 is 14.5 Å². The number of nitrogens with zero attached hydrogens (tertiary/aromatic N) is 3. The van der Waals surface area contributed by atoms with E-state index >= 15 is 0 Å². The van der Waals surface area contributed by atoms with Crippen molar-refractivity contribution in [2.45, 2.75) is 44.9 Å². The van der Waals surface area contributed by atoms with E-state index in [4.69, 9.17) is 4.74 Å². The average Bonchev–Trinajstić information content (AvgIpc) is 2.93. The van der Waals surface area contributed by atoms with Gasteiger partial charge in [0.05, 0.1) is 29.9 Å². The highest BCUT2D eigenvalue weighted by Gasteiger charge is 2.40. The summed E-state index contributed by atoms with van der Waals surface area (Å²) in [7, 11) is 5.73. The van der Waals surface area contributed by atoms with Crippen LogP contribution in [-0.2, 0) is 17.6 Å². The van der Waals surface area contributed by atoms with E-state index in [1.54, 1.807) is 7.11 Å². The Hall–Kier alpha value is -3.16. The van der Waals surface area contributed by atoms with Gasteiger partial charge in [-0.15, -0.1) is 0 Å². The number of benzene rings is 2. The fraction of sp³-hybridized carbons (Fsp3) is 0.467. The van der Waals surface area contributed by atoms with Crippen molar-refractivity contribution in [3.8, 4) is 5.75 Å². The molecule has 7 heteroatoms. The highest BCUT2D eigenvalue weighted by atomic mass is 16.5. The molecule has 2 aromatic carbocycles. The van der Waals surface area contributed by atoms with E-state index in [0.29, 0.717) is 0 Å². The summed E-state index contributed by atoms with van der Waals surface area (Å²) >= 11 is 0. The van der Waals surface area contributed by atoms with Crippen LogP contribution in [0.1, 0.15) is 43.2 Å². The summed E-state index contributed by atoms with van der Waals surface area (Å²) in [5, 5.41) is 10.7. The Kier molecular flexibility index (Phi) is 9.00. The maximum Gasteiger partial charge on any atom is 0.249 e. The van der Waals surface area contributed by atoms with Crippen molar-refractivity contribution in [3.63, 3.8) is 0 Å². The Bertz CT molecular complexity index is 1170. The first-order valence-corrected chi connectivity index (χ1v) is 13.3. The largest absolute Gasteiger partial charge is 0.497 e. The fourth-order valence-electron chi connectivity index (χ4n) is 5.66. The van der Waals surface area contributed by atoms with E-state index in [1.165, 1.54) is 11.1 Å². The first kappa shape index (κ1) is 26.9. The highest BCUT2D eigenvalue weighted by molar-refractivity contribution is 5.88. The van der Waals surface area contributed by atoms with Crippen molar-refractivity contribution in [1.82, 2.24) is 15.4 Å². The highest BCUT2D eigenvalue weighted by Crippen LogP contribution is 2.38. The van der Waals surface area contributed by atoms with Crippen LogP contribution < -0.4 is 15.1 Å². The van der Waals surface area contributed by atoms with Gasteiger partial charge in [0.1, 0.15) is 5.75 Å². The lowest BCUT2D eigenvalue weighted by Crippen LogP contribution is -2.48. The number of carbonyl (C=O) groups excluding carboxylic acids is 1. The summed E-state index contributed by atoms with van der Waals surface area (Å²) in [4.78, 5) is 22.1. The Morgan fingerprint density at radius 3 is 2.54 bits per heavy atom. The number of nitrogens with one attached hydrogen (secondary N) is 1. The lowest BCUT2D eigenvalue weighted by Gasteiger charge is -2.40. The van der Waals surface area contributed by atoms with Crippen LogP contribution in [-0.4, -0.2) is 61.8 Å². The van der Waals surface area contributed by atoms with E-state index in [-0.39, 0.29) is 5.91 Å². The van der Waals surface area contributed by atoms with Gasteiger partial charge in [0, 0.05) is 19.5 Å². The third-order valence-electron chi connectivity index (χ3n) is 7.91. The molecule has 37 heavy (non-hydrogen) atoms. The van der Waals surface area contributed by atoms with Crippen LogP contribution in [0.3, 0.4) is 0 Å². The van der Waals surface area contributed by atoms with Crippen molar-refractivity contribution >= 4 is 22.5 Å². The number of anilines is 1. The lowest BCUT2D eigenvalue weighted by molar-refractivity contribution is -0.143. The van der Waals surface area contributed by atoms with Crippen molar-refractivity contribution in [3.05, 3.63) is 65.9 Å². The molecular formula is C30H40N4O3. The number of aromatic nitrogens is 1. The summed E-state index contributed by atoms with van der Waals surface area (Å²) in [5.74, 6) is 0.563. The van der Waals surface area contributed by atoms with Gasteiger partial charge >= 0.3 is 0 Å². The maximum absolute atomic E-state index is 12.9. The summed E-state index contributed by atoms with van der Waals surface area (Å²) in [6, 6.07) is 16.6. The van der Waals surface area contributed by atoms with Crippen LogP contribution >= 0.6 is 0 Å². The molecule has 0 saturated carbocycles. The van der Waals surface area contributed by atoms with Gasteiger partial charge in [-0.2, -0.15) is 0 Å². The van der Waals surface area contributed by atoms with E-state index in [1.807, 2.05) is 37.9 Å². The minimum atomic E-state index is -0.538. The number of amides is 1. The van der Waals surface area contributed by atoms with Crippen molar-refractivity contribution in [2.24, 2.45) is 5.41 Å². The molecule has 0 atom stereocenters. The minimum Gasteiger partial charge on any atom is -0.497 e. The quantitative estimate of drug-likeness (QED) is 0.287. The number of rotatable bonds is 11. The molecule has 198 valence electrons. The molecule has 7 nitrogen and oxygen atoms in total. The molecule has 2 N–H and O–H groups in total. The second kappa shape index (κ2) is 12.4. The van der Waals surface area contributed by atoms with E-state index in [9.17, 15) is 10.0 Å². The number of pyridine rings is 1. The molecule has 4 rings (SSSR count). The van der Waals surface area contributed by atoms with Crippen molar-refractivity contribution in [2.75, 3.05) is 45.7 Å². The summed E-state index contributed by atoms with van der Waals surface area (Å²) in [6.45, 7) is 2.78. The zero-order chi connectivity index (χ0) is 26.3. The van der Waals surface area contributed by atoms with Crippen LogP contribution in [0.5, 0.6) is 5.75 Å². The summed E-state index contributed by atoms with van der Waals surface area (Å²) < 4.78 is 5.48. The zero-order valence-corrected chi connectivity index (χ0v) is 22.4. The van der Waals surface area contributed by atoms with Gasteiger partial charge in [0.25, 0.3) is 0 Å². The first-order chi connectivity index (χ1) is 18.0. The monoisotopic (exact) mass is 504 g/mol. The SMILES string of the molecule is COc1ccc2ncc(N(C)C)c(CCCC3(C(=O)NO)CCN(CCCc4ccccc4)CC3)c2c1. The summed E-state index contributed by atoms with van der Waals surface area (Å²) in [5.41, 5.74) is 6.05. The van der Waals surface area contributed by atoms with Gasteiger partial charge in [0.15, 0.2) is 0 Å². The van der Waals surface area contributed by atoms with Gasteiger partial charge in [-0.25, -0.2) is 5.48 Å². The van der Waals surface area contributed by atoms with E-state index in [0.717, 1.165) is 86.9 Å². The molecule has 0 aliphatic carbocycles. The molecule has 0 radical (unpaired) electrons. The van der Waals surface area contributed by atoms with Crippen LogP contribution in [0.2, 0.25) is 0 Å². The number of methoxy groups -OCH3 is 1. The number of fused-ring (bicyclic) bond motifs is 1. The molecule has 1 saturated heterocycles. The molecule has 1 fully saturated rings. The van der Waals surface area contributed by atoms with Crippen LogP contribution in [0, 0.1) is 5.41 Å². The Morgan fingerprint density at radius 1 is 1.11 bits per heavy atom. The molecular weight excluding hydrogens is 464 g/mol. The topological polar surface area (TPSA) is 77.9 Å². The van der Waals surface area contributed by atoms with Gasteiger partial charge in [0.2, 0.25) is 5.91 Å². The Labute approximate surface area is 220 Å². The van der Waals surface area contributed by atoms with Crippen molar-refractivity contribution in [1.29, 1.82) is 0 Å². The average molecular weight is 505 g/mol. The van der Waals surface area contributed by atoms with Gasteiger partial charge in [-0.1, -0.05) is 30.3 Å². The second-order valence-corrected chi connectivity index (χ2v) is 10.4. The van der Waals surface area contributed by atoms with Crippen molar-refractivity contribution < 1.29 is 14.7 Å².